The molecule has 1 saturated heterocycles. The van der Waals surface area contributed by atoms with Crippen molar-refractivity contribution >= 4 is 5.91 Å². The molecule has 18 heavy (non-hydrogen) atoms. The fraction of sp³-hybridized carbons (Fsp3) is 0.929. The van der Waals surface area contributed by atoms with E-state index in [0.717, 1.165) is 45.1 Å². The molecule has 4 heteroatoms. The van der Waals surface area contributed by atoms with E-state index in [0.29, 0.717) is 19.0 Å². The van der Waals surface area contributed by atoms with E-state index in [2.05, 4.69) is 6.92 Å². The number of aliphatic hydroxyl groups excluding tert-OH is 1. The zero-order valence-corrected chi connectivity index (χ0v) is 11.4. The second kappa shape index (κ2) is 5.57. The van der Waals surface area contributed by atoms with Crippen LogP contribution < -0.4 is 5.73 Å². The molecule has 0 aromatic carbocycles. The molecule has 0 radical (unpaired) electrons. The van der Waals surface area contributed by atoms with E-state index in [1.54, 1.807) is 0 Å². The van der Waals surface area contributed by atoms with Crippen LogP contribution in [-0.4, -0.2) is 41.7 Å². The molecule has 2 rings (SSSR count). The fourth-order valence-corrected chi connectivity index (χ4v) is 3.29. The summed E-state index contributed by atoms with van der Waals surface area (Å²) >= 11 is 0. The first-order valence-corrected chi connectivity index (χ1v) is 7.25. The third-order valence-electron chi connectivity index (χ3n) is 4.76. The Bertz CT molecular complexity index is 298. The highest BCUT2D eigenvalue weighted by Crippen LogP contribution is 2.40. The van der Waals surface area contributed by atoms with Gasteiger partial charge in [0.1, 0.15) is 0 Å². The summed E-state index contributed by atoms with van der Waals surface area (Å²) in [5, 5.41) is 9.70. The number of hydrogen-bond donors (Lipinski definition) is 2. The van der Waals surface area contributed by atoms with Crippen LogP contribution in [0.2, 0.25) is 0 Å². The van der Waals surface area contributed by atoms with Gasteiger partial charge in [0.05, 0.1) is 11.5 Å². The molecule has 1 aliphatic heterocycles. The van der Waals surface area contributed by atoms with E-state index in [1.807, 2.05) is 4.90 Å². The summed E-state index contributed by atoms with van der Waals surface area (Å²) in [4.78, 5) is 14.5. The van der Waals surface area contributed by atoms with Crippen molar-refractivity contribution in [3.8, 4) is 0 Å². The monoisotopic (exact) mass is 254 g/mol. The first kappa shape index (κ1) is 13.8. The summed E-state index contributed by atoms with van der Waals surface area (Å²) in [7, 11) is 0. The standard InChI is InChI=1S/C14H26N2O2/c1-11-4-6-14(10-15,7-5-11)13(18)16-8-2-3-12(17)9-16/h11-12,17H,2-10,15H2,1H3. The lowest BCUT2D eigenvalue weighted by atomic mass is 9.70. The molecule has 1 aliphatic carbocycles. The summed E-state index contributed by atoms with van der Waals surface area (Å²) < 4.78 is 0. The Balaban J connectivity index is 2.05. The number of likely N-dealkylation sites (tertiary alicyclic amines) is 1. The lowest BCUT2D eigenvalue weighted by Gasteiger charge is -2.42. The lowest BCUT2D eigenvalue weighted by molar-refractivity contribution is -0.147. The maximum Gasteiger partial charge on any atom is 0.230 e. The number of nitrogens with zero attached hydrogens (tertiary/aromatic N) is 1. The fourth-order valence-electron chi connectivity index (χ4n) is 3.29. The predicted molar refractivity (Wildman–Crippen MR) is 70.9 cm³/mol. The lowest BCUT2D eigenvalue weighted by Crippen LogP contribution is -2.53. The Hall–Kier alpha value is -0.610. The smallest absolute Gasteiger partial charge is 0.230 e. The molecule has 1 amide bonds. The van der Waals surface area contributed by atoms with Crippen LogP contribution in [0.15, 0.2) is 0 Å². The number of amides is 1. The van der Waals surface area contributed by atoms with Crippen LogP contribution in [0.3, 0.4) is 0 Å². The predicted octanol–water partition coefficient (Wildman–Crippen LogP) is 1.12. The summed E-state index contributed by atoms with van der Waals surface area (Å²) in [6, 6.07) is 0. The van der Waals surface area contributed by atoms with Crippen molar-refractivity contribution in [2.24, 2.45) is 17.1 Å². The van der Waals surface area contributed by atoms with Crippen molar-refractivity contribution in [1.82, 2.24) is 4.90 Å². The quantitative estimate of drug-likeness (QED) is 0.776. The van der Waals surface area contributed by atoms with Crippen molar-refractivity contribution in [3.63, 3.8) is 0 Å². The van der Waals surface area contributed by atoms with Crippen LogP contribution in [0.5, 0.6) is 0 Å². The molecule has 4 nitrogen and oxygen atoms in total. The van der Waals surface area contributed by atoms with Gasteiger partial charge in [-0.25, -0.2) is 0 Å². The topological polar surface area (TPSA) is 66.6 Å². The van der Waals surface area contributed by atoms with E-state index in [4.69, 9.17) is 5.73 Å². The first-order valence-electron chi connectivity index (χ1n) is 7.25. The summed E-state index contributed by atoms with van der Waals surface area (Å²) in [5.74, 6) is 0.903. The summed E-state index contributed by atoms with van der Waals surface area (Å²) in [6.45, 7) is 3.98. The average molecular weight is 254 g/mol. The Morgan fingerprint density at radius 1 is 1.39 bits per heavy atom. The number of hydrogen-bond acceptors (Lipinski definition) is 3. The van der Waals surface area contributed by atoms with Gasteiger partial charge in [-0.15, -0.1) is 0 Å². The minimum atomic E-state index is -0.347. The highest BCUT2D eigenvalue weighted by molar-refractivity contribution is 5.83. The number of nitrogens with two attached hydrogens (primary N) is 1. The van der Waals surface area contributed by atoms with Crippen LogP contribution in [0.4, 0.5) is 0 Å². The van der Waals surface area contributed by atoms with E-state index < -0.39 is 0 Å². The SMILES string of the molecule is CC1CCC(CN)(C(=O)N2CCCC(O)C2)CC1. The van der Waals surface area contributed by atoms with Gasteiger partial charge >= 0.3 is 0 Å². The third kappa shape index (κ3) is 2.69. The highest BCUT2D eigenvalue weighted by Gasteiger charge is 2.42. The van der Waals surface area contributed by atoms with Gasteiger partial charge in [-0.2, -0.15) is 0 Å². The van der Waals surface area contributed by atoms with Gasteiger partial charge in [-0.05, 0) is 44.4 Å². The highest BCUT2D eigenvalue weighted by atomic mass is 16.3. The van der Waals surface area contributed by atoms with Crippen molar-refractivity contribution in [2.45, 2.75) is 51.6 Å². The molecule has 0 aromatic rings. The molecule has 1 heterocycles. The number of rotatable bonds is 2. The second-order valence-corrected chi connectivity index (χ2v) is 6.21. The molecule has 104 valence electrons. The van der Waals surface area contributed by atoms with Gasteiger partial charge in [0, 0.05) is 19.6 Å². The largest absolute Gasteiger partial charge is 0.391 e. The molecule has 1 atom stereocenters. The Morgan fingerprint density at radius 3 is 2.61 bits per heavy atom. The number of aliphatic hydroxyl groups is 1. The van der Waals surface area contributed by atoms with Crippen molar-refractivity contribution in [1.29, 1.82) is 0 Å². The number of carbonyl (C=O) groups is 1. The Morgan fingerprint density at radius 2 is 2.06 bits per heavy atom. The first-order chi connectivity index (χ1) is 8.57. The third-order valence-corrected chi connectivity index (χ3v) is 4.76. The molecule has 1 unspecified atom stereocenters. The van der Waals surface area contributed by atoms with Gasteiger partial charge in [-0.3, -0.25) is 4.79 Å². The number of carbonyl (C=O) groups excluding carboxylic acids is 1. The molecule has 0 spiro atoms. The molecule has 3 N–H and O–H groups in total. The molecule has 1 saturated carbocycles. The zero-order valence-electron chi connectivity index (χ0n) is 11.4. The van der Waals surface area contributed by atoms with Gasteiger partial charge in [-0.1, -0.05) is 6.92 Å². The van der Waals surface area contributed by atoms with Crippen molar-refractivity contribution in [3.05, 3.63) is 0 Å². The van der Waals surface area contributed by atoms with E-state index in [9.17, 15) is 9.90 Å². The summed E-state index contributed by atoms with van der Waals surface area (Å²) in [6.07, 6.45) is 5.39. The maximum absolute atomic E-state index is 12.7. The van der Waals surface area contributed by atoms with Crippen molar-refractivity contribution < 1.29 is 9.90 Å². The Labute approximate surface area is 110 Å². The average Bonchev–Trinajstić information content (AvgIpc) is 2.39. The minimum Gasteiger partial charge on any atom is -0.391 e. The van der Waals surface area contributed by atoms with E-state index in [1.165, 1.54) is 0 Å². The zero-order chi connectivity index (χ0) is 13.2. The van der Waals surface area contributed by atoms with E-state index in [-0.39, 0.29) is 17.4 Å². The number of β-amino-alcohol motifs (C(OH)–C–C–N with tert-alkyl or cyclic N) is 1. The molecule has 0 bridgehead atoms. The van der Waals surface area contributed by atoms with Gasteiger partial charge in [0.2, 0.25) is 5.91 Å². The molecule has 2 fully saturated rings. The molecular formula is C14H26N2O2. The second-order valence-electron chi connectivity index (χ2n) is 6.21. The van der Waals surface area contributed by atoms with Crippen LogP contribution in [0, 0.1) is 11.3 Å². The summed E-state index contributed by atoms with van der Waals surface area (Å²) in [5.41, 5.74) is 5.57. The molecular weight excluding hydrogens is 228 g/mol. The van der Waals surface area contributed by atoms with E-state index >= 15 is 0 Å². The normalized spacial score (nSPS) is 37.6. The molecule has 0 aromatic heterocycles. The maximum atomic E-state index is 12.7. The van der Waals surface area contributed by atoms with Gasteiger partial charge < -0.3 is 15.7 Å². The van der Waals surface area contributed by atoms with Crippen LogP contribution in [0.1, 0.15) is 45.4 Å². The van der Waals surface area contributed by atoms with Crippen LogP contribution in [-0.2, 0) is 4.79 Å². The minimum absolute atomic E-state index is 0.190. The Kier molecular flexibility index (Phi) is 4.28. The van der Waals surface area contributed by atoms with Crippen molar-refractivity contribution in [2.75, 3.05) is 19.6 Å². The molecule has 2 aliphatic rings. The number of piperidine rings is 1. The van der Waals surface area contributed by atoms with Crippen LogP contribution >= 0.6 is 0 Å². The van der Waals surface area contributed by atoms with Gasteiger partial charge in [0.25, 0.3) is 0 Å². The van der Waals surface area contributed by atoms with Gasteiger partial charge in [0.15, 0.2) is 0 Å². The van der Waals surface area contributed by atoms with Crippen LogP contribution in [0.25, 0.3) is 0 Å².